The van der Waals surface area contributed by atoms with E-state index in [-0.39, 0.29) is 22.2 Å². The molecule has 4 heteroatoms. The standard InChI is InChI=1S/C22H34O4/c1-18(2,3)13-12-21(17(24)26-11)14(16(23)25-10)15(19(4,5)6)22(13,21)20(7,8)9/h12H,1-11H3/t21-,22+/m1/s1. The van der Waals surface area contributed by atoms with Gasteiger partial charge in [0.05, 0.1) is 19.8 Å². The van der Waals surface area contributed by atoms with Crippen LogP contribution in [0.1, 0.15) is 62.3 Å². The number of allylic oxidation sites excluding steroid dienone is 2. The van der Waals surface area contributed by atoms with E-state index in [9.17, 15) is 9.59 Å². The van der Waals surface area contributed by atoms with Crippen LogP contribution in [0.25, 0.3) is 0 Å². The number of hydrogen-bond donors (Lipinski definition) is 0. The summed E-state index contributed by atoms with van der Waals surface area (Å²) in [5, 5.41) is 0. The van der Waals surface area contributed by atoms with Crippen LogP contribution in [0, 0.1) is 27.1 Å². The van der Waals surface area contributed by atoms with Gasteiger partial charge in [0.15, 0.2) is 0 Å². The molecule has 0 spiro atoms. The van der Waals surface area contributed by atoms with E-state index in [1.165, 1.54) is 19.8 Å². The van der Waals surface area contributed by atoms with Crippen molar-refractivity contribution in [1.82, 2.24) is 0 Å². The summed E-state index contributed by atoms with van der Waals surface area (Å²) in [4.78, 5) is 25.9. The van der Waals surface area contributed by atoms with Gasteiger partial charge in [-0.3, -0.25) is 4.79 Å². The van der Waals surface area contributed by atoms with E-state index in [1.807, 2.05) is 6.08 Å². The highest BCUT2D eigenvalue weighted by Gasteiger charge is 2.82. The SMILES string of the molecule is COC(=O)C1=C(C(C)(C)C)[C@]2(C(C)(C)C)C(C(C)(C)C)=C[C@]12C(=O)OC. The van der Waals surface area contributed by atoms with E-state index in [0.29, 0.717) is 5.57 Å². The van der Waals surface area contributed by atoms with Gasteiger partial charge in [-0.2, -0.15) is 0 Å². The Labute approximate surface area is 158 Å². The Morgan fingerprint density at radius 1 is 0.846 bits per heavy atom. The van der Waals surface area contributed by atoms with Crippen LogP contribution in [0.15, 0.2) is 22.8 Å². The van der Waals surface area contributed by atoms with E-state index < -0.39 is 16.8 Å². The summed E-state index contributed by atoms with van der Waals surface area (Å²) in [5.41, 5.74) is 0.316. The van der Waals surface area contributed by atoms with Crippen molar-refractivity contribution < 1.29 is 19.1 Å². The number of carbonyl (C=O) groups excluding carboxylic acids is 2. The van der Waals surface area contributed by atoms with Gasteiger partial charge >= 0.3 is 11.9 Å². The Balaban J connectivity index is 3.01. The molecule has 0 N–H and O–H groups in total. The summed E-state index contributed by atoms with van der Waals surface area (Å²) < 4.78 is 10.3. The number of fused-ring (bicyclic) bond motifs is 1. The Kier molecular flexibility index (Phi) is 4.36. The van der Waals surface area contributed by atoms with Gasteiger partial charge in [0, 0.05) is 5.41 Å². The highest BCUT2D eigenvalue weighted by molar-refractivity contribution is 6.08. The smallest absolute Gasteiger partial charge is 0.335 e. The predicted octanol–water partition coefficient (Wildman–Crippen LogP) is 4.69. The van der Waals surface area contributed by atoms with Crippen LogP contribution >= 0.6 is 0 Å². The molecule has 2 aliphatic rings. The van der Waals surface area contributed by atoms with Gasteiger partial charge in [-0.15, -0.1) is 0 Å². The first-order valence-corrected chi connectivity index (χ1v) is 9.21. The van der Waals surface area contributed by atoms with Crippen molar-refractivity contribution in [2.24, 2.45) is 27.1 Å². The molecule has 0 fully saturated rings. The maximum Gasteiger partial charge on any atom is 0.335 e. The molecule has 0 radical (unpaired) electrons. The normalized spacial score (nSPS) is 28.5. The lowest BCUT2D eigenvalue weighted by atomic mass is 9.26. The van der Waals surface area contributed by atoms with Gasteiger partial charge in [0.2, 0.25) is 0 Å². The first-order valence-electron chi connectivity index (χ1n) is 9.21. The summed E-state index contributed by atoms with van der Waals surface area (Å²) in [7, 11) is 2.75. The minimum absolute atomic E-state index is 0.136. The molecule has 0 amide bonds. The third-order valence-electron chi connectivity index (χ3n) is 5.96. The van der Waals surface area contributed by atoms with Crippen molar-refractivity contribution >= 4 is 11.9 Å². The van der Waals surface area contributed by atoms with Crippen LogP contribution in [0.5, 0.6) is 0 Å². The number of methoxy groups -OCH3 is 2. The van der Waals surface area contributed by atoms with E-state index >= 15 is 0 Å². The molecule has 0 saturated carbocycles. The fourth-order valence-electron chi connectivity index (χ4n) is 5.41. The number of carbonyl (C=O) groups is 2. The molecule has 0 aromatic heterocycles. The van der Waals surface area contributed by atoms with Crippen LogP contribution in [-0.2, 0) is 19.1 Å². The van der Waals surface area contributed by atoms with Crippen molar-refractivity contribution in [3.63, 3.8) is 0 Å². The molecule has 26 heavy (non-hydrogen) atoms. The topological polar surface area (TPSA) is 52.6 Å². The molecular weight excluding hydrogens is 328 g/mol. The maximum atomic E-state index is 13.1. The average Bonchev–Trinajstić information content (AvgIpc) is 2.43. The van der Waals surface area contributed by atoms with Gasteiger partial charge in [0.25, 0.3) is 0 Å². The Hall–Kier alpha value is -1.58. The molecule has 0 heterocycles. The second-order valence-corrected chi connectivity index (χ2v) is 10.6. The van der Waals surface area contributed by atoms with Crippen LogP contribution < -0.4 is 0 Å². The molecule has 0 saturated heterocycles. The summed E-state index contributed by atoms with van der Waals surface area (Å²) >= 11 is 0. The number of ether oxygens (including phenoxy) is 2. The highest BCUT2D eigenvalue weighted by Crippen LogP contribution is 2.82. The highest BCUT2D eigenvalue weighted by atomic mass is 16.5. The van der Waals surface area contributed by atoms with Crippen molar-refractivity contribution in [2.75, 3.05) is 14.2 Å². The zero-order valence-electron chi connectivity index (χ0n) is 18.2. The maximum absolute atomic E-state index is 13.1. The number of rotatable bonds is 2. The molecule has 0 bridgehead atoms. The molecule has 0 aromatic carbocycles. The lowest BCUT2D eigenvalue weighted by Gasteiger charge is -2.74. The van der Waals surface area contributed by atoms with E-state index in [4.69, 9.17) is 9.47 Å². The zero-order valence-corrected chi connectivity index (χ0v) is 18.2. The Morgan fingerprint density at radius 3 is 1.65 bits per heavy atom. The van der Waals surface area contributed by atoms with Crippen LogP contribution in [0.3, 0.4) is 0 Å². The predicted molar refractivity (Wildman–Crippen MR) is 102 cm³/mol. The average molecular weight is 363 g/mol. The van der Waals surface area contributed by atoms with Gasteiger partial charge in [-0.25, -0.2) is 4.79 Å². The lowest BCUT2D eigenvalue weighted by Crippen LogP contribution is -2.73. The third kappa shape index (κ3) is 2.13. The minimum Gasteiger partial charge on any atom is -0.468 e. The summed E-state index contributed by atoms with van der Waals surface area (Å²) in [6.45, 7) is 19.2. The minimum atomic E-state index is -1.07. The molecule has 2 aliphatic carbocycles. The summed E-state index contributed by atoms with van der Waals surface area (Å²) in [6.07, 6.45) is 1.96. The first-order chi connectivity index (χ1) is 11.5. The van der Waals surface area contributed by atoms with Crippen LogP contribution in [0.2, 0.25) is 0 Å². The van der Waals surface area contributed by atoms with Crippen LogP contribution in [-0.4, -0.2) is 26.2 Å². The molecule has 4 nitrogen and oxygen atoms in total. The second kappa shape index (κ2) is 5.46. The molecule has 0 unspecified atom stereocenters. The van der Waals surface area contributed by atoms with Crippen molar-refractivity contribution in [3.8, 4) is 0 Å². The molecule has 2 rings (SSSR count). The molecule has 0 aromatic rings. The molecule has 2 atom stereocenters. The number of hydrogen-bond acceptors (Lipinski definition) is 4. The summed E-state index contributed by atoms with van der Waals surface area (Å²) in [6, 6.07) is 0. The fourth-order valence-corrected chi connectivity index (χ4v) is 5.41. The Bertz CT molecular complexity index is 719. The van der Waals surface area contributed by atoms with Gasteiger partial charge < -0.3 is 9.47 Å². The van der Waals surface area contributed by atoms with Gasteiger partial charge in [-0.1, -0.05) is 74.0 Å². The van der Waals surface area contributed by atoms with E-state index in [2.05, 4.69) is 62.3 Å². The molecule has 0 aliphatic heterocycles. The second-order valence-electron chi connectivity index (χ2n) is 10.6. The number of esters is 2. The fraction of sp³-hybridized carbons (Fsp3) is 0.727. The quantitative estimate of drug-likeness (QED) is 0.528. The third-order valence-corrected chi connectivity index (χ3v) is 5.96. The molecule has 146 valence electrons. The first kappa shape index (κ1) is 20.7. The van der Waals surface area contributed by atoms with Crippen molar-refractivity contribution in [3.05, 3.63) is 22.8 Å². The monoisotopic (exact) mass is 362 g/mol. The van der Waals surface area contributed by atoms with Crippen molar-refractivity contribution in [1.29, 1.82) is 0 Å². The molecular formula is C22H34O4. The largest absolute Gasteiger partial charge is 0.468 e. The van der Waals surface area contributed by atoms with E-state index in [0.717, 1.165) is 5.57 Å². The van der Waals surface area contributed by atoms with Gasteiger partial charge in [0.1, 0.15) is 5.41 Å². The van der Waals surface area contributed by atoms with Gasteiger partial charge in [-0.05, 0) is 21.8 Å². The van der Waals surface area contributed by atoms with E-state index in [1.54, 1.807) is 0 Å². The van der Waals surface area contributed by atoms with Crippen LogP contribution in [0.4, 0.5) is 0 Å². The zero-order chi connectivity index (χ0) is 20.5. The lowest BCUT2D eigenvalue weighted by molar-refractivity contribution is -0.171. The summed E-state index contributed by atoms with van der Waals surface area (Å²) in [5.74, 6) is -0.821. The Morgan fingerprint density at radius 2 is 1.35 bits per heavy atom. The van der Waals surface area contributed by atoms with Crippen molar-refractivity contribution in [2.45, 2.75) is 62.3 Å².